The van der Waals surface area contributed by atoms with E-state index in [0.29, 0.717) is 9.90 Å². The van der Waals surface area contributed by atoms with Crippen molar-refractivity contribution >= 4 is 22.9 Å². The van der Waals surface area contributed by atoms with Gasteiger partial charge in [-0.3, -0.25) is 0 Å². The van der Waals surface area contributed by atoms with Crippen LogP contribution in [0.25, 0.3) is 0 Å². The maximum Gasteiger partial charge on any atom is 0.408 e. The summed E-state index contributed by atoms with van der Waals surface area (Å²) in [7, 11) is 1.28. The zero-order valence-corrected chi connectivity index (χ0v) is 9.15. The number of hydrogen-bond acceptors (Lipinski definition) is 2. The summed E-state index contributed by atoms with van der Waals surface area (Å²) in [6, 6.07) is -0.166. The average Bonchev–Trinajstić information content (AvgIpc) is 2.30. The van der Waals surface area contributed by atoms with Gasteiger partial charge in [-0.2, -0.15) is 13.2 Å². The molecule has 1 N–H and O–H groups in total. The van der Waals surface area contributed by atoms with Crippen LogP contribution >= 0.6 is 22.9 Å². The summed E-state index contributed by atoms with van der Waals surface area (Å²) in [5.41, 5.74) is 0.677. The predicted molar refractivity (Wildman–Crippen MR) is 51.9 cm³/mol. The number of halogens is 4. The summed E-state index contributed by atoms with van der Waals surface area (Å²) in [5.74, 6) is 0. The van der Waals surface area contributed by atoms with Crippen LogP contribution in [0, 0.1) is 6.92 Å². The lowest BCUT2D eigenvalue weighted by atomic mass is 10.2. The molecule has 0 bridgehead atoms. The van der Waals surface area contributed by atoms with Gasteiger partial charge in [-0.05, 0) is 25.6 Å². The van der Waals surface area contributed by atoms with Crippen LogP contribution in [-0.2, 0) is 0 Å². The van der Waals surface area contributed by atoms with E-state index in [1.165, 1.54) is 13.1 Å². The molecule has 1 aromatic rings. The fraction of sp³-hybridized carbons (Fsp3) is 0.500. The van der Waals surface area contributed by atoms with Crippen LogP contribution in [-0.4, -0.2) is 13.2 Å². The first-order valence-electron chi connectivity index (χ1n) is 3.86. The molecule has 0 spiro atoms. The summed E-state index contributed by atoms with van der Waals surface area (Å²) in [5, 5.41) is 2.23. The van der Waals surface area contributed by atoms with Crippen molar-refractivity contribution in [2.75, 3.05) is 7.05 Å². The second-order valence-corrected chi connectivity index (χ2v) is 4.55. The highest BCUT2D eigenvalue weighted by Gasteiger charge is 2.40. The quantitative estimate of drug-likeness (QED) is 0.838. The minimum Gasteiger partial charge on any atom is -0.305 e. The molecule has 14 heavy (non-hydrogen) atoms. The van der Waals surface area contributed by atoms with Crippen LogP contribution in [0.2, 0.25) is 4.34 Å². The normalized spacial score (nSPS) is 14.4. The Balaban J connectivity index is 3.01. The Hall–Kier alpha value is -0.260. The van der Waals surface area contributed by atoms with Gasteiger partial charge in [0.1, 0.15) is 6.04 Å². The van der Waals surface area contributed by atoms with Gasteiger partial charge in [0.25, 0.3) is 0 Å². The number of nitrogens with one attached hydrogen (secondary N) is 1. The molecule has 1 nitrogen and oxygen atoms in total. The molecule has 0 amide bonds. The number of hydrogen-bond donors (Lipinski definition) is 1. The van der Waals surface area contributed by atoms with Gasteiger partial charge < -0.3 is 5.32 Å². The van der Waals surface area contributed by atoms with Gasteiger partial charge in [0.05, 0.1) is 4.34 Å². The second kappa shape index (κ2) is 4.08. The summed E-state index contributed by atoms with van der Waals surface area (Å²) in [6.07, 6.45) is -4.28. The highest BCUT2D eigenvalue weighted by Crippen LogP contribution is 2.38. The van der Waals surface area contributed by atoms with Crippen molar-refractivity contribution in [3.63, 3.8) is 0 Å². The van der Waals surface area contributed by atoms with Crippen LogP contribution in [0.1, 0.15) is 16.5 Å². The molecule has 80 valence electrons. The van der Waals surface area contributed by atoms with E-state index in [-0.39, 0.29) is 4.88 Å². The Morgan fingerprint density at radius 3 is 2.36 bits per heavy atom. The molecule has 0 aliphatic carbocycles. The Bertz CT molecular complexity index is 301. The van der Waals surface area contributed by atoms with Gasteiger partial charge in [0.2, 0.25) is 0 Å². The van der Waals surface area contributed by atoms with Gasteiger partial charge in [-0.1, -0.05) is 11.6 Å². The highest BCUT2D eigenvalue weighted by atomic mass is 35.5. The lowest BCUT2D eigenvalue weighted by Crippen LogP contribution is -2.30. The molecule has 0 aliphatic heterocycles. The molecule has 0 radical (unpaired) electrons. The van der Waals surface area contributed by atoms with E-state index >= 15 is 0 Å². The molecular weight excluding hydrogens is 235 g/mol. The zero-order valence-electron chi connectivity index (χ0n) is 7.57. The first-order valence-corrected chi connectivity index (χ1v) is 5.05. The van der Waals surface area contributed by atoms with Crippen LogP contribution < -0.4 is 5.32 Å². The summed E-state index contributed by atoms with van der Waals surface area (Å²) in [6.45, 7) is 1.69. The van der Waals surface area contributed by atoms with E-state index in [0.717, 1.165) is 11.3 Å². The van der Waals surface area contributed by atoms with Gasteiger partial charge in [0.15, 0.2) is 0 Å². The maximum atomic E-state index is 12.4. The summed E-state index contributed by atoms with van der Waals surface area (Å²) in [4.78, 5) is 0.197. The largest absolute Gasteiger partial charge is 0.408 e. The average molecular weight is 244 g/mol. The van der Waals surface area contributed by atoms with Crippen molar-refractivity contribution < 1.29 is 13.2 Å². The van der Waals surface area contributed by atoms with Crippen molar-refractivity contribution in [3.8, 4) is 0 Å². The van der Waals surface area contributed by atoms with Crippen molar-refractivity contribution in [2.24, 2.45) is 0 Å². The van der Waals surface area contributed by atoms with E-state index < -0.39 is 12.2 Å². The van der Waals surface area contributed by atoms with Crippen molar-refractivity contribution in [2.45, 2.75) is 19.1 Å². The third-order valence-corrected chi connectivity index (χ3v) is 3.40. The second-order valence-electron chi connectivity index (χ2n) is 2.87. The number of thiophene rings is 1. The molecule has 1 unspecified atom stereocenters. The molecule has 1 aromatic heterocycles. The van der Waals surface area contributed by atoms with E-state index in [9.17, 15) is 13.2 Å². The summed E-state index contributed by atoms with van der Waals surface area (Å²) >= 11 is 6.66. The van der Waals surface area contributed by atoms with Crippen molar-refractivity contribution in [3.05, 3.63) is 20.8 Å². The molecule has 0 fully saturated rings. The Morgan fingerprint density at radius 2 is 2.07 bits per heavy atom. The van der Waals surface area contributed by atoms with Crippen molar-refractivity contribution in [1.29, 1.82) is 0 Å². The van der Waals surface area contributed by atoms with Crippen molar-refractivity contribution in [1.82, 2.24) is 5.32 Å². The first-order chi connectivity index (χ1) is 6.36. The zero-order chi connectivity index (χ0) is 10.9. The number of rotatable bonds is 2. The van der Waals surface area contributed by atoms with E-state index in [4.69, 9.17) is 11.6 Å². The fourth-order valence-corrected chi connectivity index (χ4v) is 2.45. The van der Waals surface area contributed by atoms with Gasteiger partial charge in [-0.15, -0.1) is 11.3 Å². The molecule has 1 rings (SSSR count). The molecule has 0 aliphatic rings. The lowest BCUT2D eigenvalue weighted by Gasteiger charge is -2.17. The van der Waals surface area contributed by atoms with Crippen LogP contribution in [0.3, 0.4) is 0 Å². The van der Waals surface area contributed by atoms with Crippen LogP contribution in [0.4, 0.5) is 13.2 Å². The van der Waals surface area contributed by atoms with Crippen LogP contribution in [0.15, 0.2) is 6.07 Å². The predicted octanol–water partition coefficient (Wildman–Crippen LogP) is 3.53. The molecule has 0 aromatic carbocycles. The highest BCUT2D eigenvalue weighted by molar-refractivity contribution is 7.16. The monoisotopic (exact) mass is 243 g/mol. The smallest absolute Gasteiger partial charge is 0.305 e. The topological polar surface area (TPSA) is 12.0 Å². The molecule has 0 saturated heterocycles. The lowest BCUT2D eigenvalue weighted by molar-refractivity contribution is -0.155. The molecule has 1 heterocycles. The fourth-order valence-electron chi connectivity index (χ4n) is 1.09. The Morgan fingerprint density at radius 1 is 1.50 bits per heavy atom. The molecule has 6 heteroatoms. The first kappa shape index (κ1) is 11.8. The van der Waals surface area contributed by atoms with E-state index in [2.05, 4.69) is 5.32 Å². The van der Waals surface area contributed by atoms with Gasteiger partial charge in [0, 0.05) is 4.88 Å². The Kier molecular flexibility index (Phi) is 3.44. The summed E-state index contributed by atoms with van der Waals surface area (Å²) < 4.78 is 37.8. The molecule has 0 saturated carbocycles. The minimum atomic E-state index is -4.28. The minimum absolute atomic E-state index is 0.197. The third-order valence-electron chi connectivity index (χ3n) is 1.78. The number of alkyl halides is 3. The Labute approximate surface area is 88.9 Å². The van der Waals surface area contributed by atoms with Gasteiger partial charge >= 0.3 is 6.18 Å². The van der Waals surface area contributed by atoms with Crippen LogP contribution in [0.5, 0.6) is 0 Å². The van der Waals surface area contributed by atoms with E-state index in [1.54, 1.807) is 6.92 Å². The number of aryl methyl sites for hydroxylation is 1. The van der Waals surface area contributed by atoms with Gasteiger partial charge in [-0.25, -0.2) is 0 Å². The maximum absolute atomic E-state index is 12.4. The molecule has 1 atom stereocenters. The standard InChI is InChI=1S/C8H9ClF3NS/c1-4-3-5(14-7(4)9)6(13-2)8(10,11)12/h3,6,13H,1-2H3. The molecular formula is C8H9ClF3NS. The SMILES string of the molecule is CNC(c1cc(C)c(Cl)s1)C(F)(F)F. The van der Waals surface area contributed by atoms with E-state index in [1.807, 2.05) is 0 Å². The third kappa shape index (κ3) is 2.40.